The van der Waals surface area contributed by atoms with Gasteiger partial charge in [0, 0.05) is 15.1 Å². The highest BCUT2D eigenvalue weighted by Gasteiger charge is 2.05. The van der Waals surface area contributed by atoms with Crippen molar-refractivity contribution in [3.05, 3.63) is 32.5 Å². The summed E-state index contributed by atoms with van der Waals surface area (Å²) in [4.78, 5) is 0.246. The molecule has 1 aromatic heterocycles. The van der Waals surface area contributed by atoms with Gasteiger partial charge in [-0.3, -0.25) is 0 Å². The molecule has 0 aliphatic rings. The number of rotatable bonds is 1. The average molecular weight is 292 g/mol. The highest BCUT2D eigenvalue weighted by atomic mass is 79.9. The molecule has 1 aromatic carbocycles. The van der Waals surface area contributed by atoms with Gasteiger partial charge in [-0.05, 0) is 30.4 Å². The van der Waals surface area contributed by atoms with E-state index in [4.69, 9.17) is 28.2 Å². The Balaban J connectivity index is 2.56. The van der Waals surface area contributed by atoms with Gasteiger partial charge in [0.05, 0.1) is 0 Å². The monoisotopic (exact) mass is 290 g/mol. The molecule has 72 valence electrons. The molecule has 0 aliphatic carbocycles. The molecule has 0 spiro atoms. The Hall–Kier alpha value is -0.650. The minimum atomic E-state index is 0.246. The van der Waals surface area contributed by atoms with E-state index in [1.165, 1.54) is 0 Å². The van der Waals surface area contributed by atoms with Crippen molar-refractivity contribution in [1.82, 2.24) is 10.2 Å². The zero-order valence-corrected chi connectivity index (χ0v) is 9.91. The maximum Gasteiger partial charge on any atom is 0.284 e. The first-order valence-electron chi connectivity index (χ1n) is 3.67. The topological polar surface area (TPSA) is 41.8 Å². The van der Waals surface area contributed by atoms with Crippen LogP contribution in [-0.2, 0) is 0 Å². The second-order valence-electron chi connectivity index (χ2n) is 2.58. The Morgan fingerprint density at radius 1 is 1.43 bits per heavy atom. The quantitative estimate of drug-likeness (QED) is 0.812. The van der Waals surface area contributed by atoms with Gasteiger partial charge < -0.3 is 4.42 Å². The van der Waals surface area contributed by atoms with Gasteiger partial charge in [-0.2, -0.15) is 0 Å². The van der Waals surface area contributed by atoms with E-state index in [-0.39, 0.29) is 4.84 Å². The van der Waals surface area contributed by atoms with Crippen molar-refractivity contribution in [3.8, 4) is 11.5 Å². The summed E-state index contributed by atoms with van der Waals surface area (Å²) in [7, 11) is 0. The number of aromatic nitrogens is 2. The molecule has 6 heteroatoms. The Morgan fingerprint density at radius 2 is 2.21 bits per heavy atom. The van der Waals surface area contributed by atoms with Crippen molar-refractivity contribution in [2.75, 3.05) is 0 Å². The van der Waals surface area contributed by atoms with Crippen LogP contribution in [0, 0.1) is 4.84 Å². The van der Waals surface area contributed by atoms with E-state index in [0.29, 0.717) is 10.9 Å². The fourth-order valence-corrected chi connectivity index (χ4v) is 2.02. The van der Waals surface area contributed by atoms with Crippen LogP contribution in [0.3, 0.4) is 0 Å². The van der Waals surface area contributed by atoms with Crippen LogP contribution < -0.4 is 0 Å². The molecule has 1 heterocycles. The van der Waals surface area contributed by atoms with Gasteiger partial charge in [-0.1, -0.05) is 27.5 Å². The minimum absolute atomic E-state index is 0.246. The summed E-state index contributed by atoms with van der Waals surface area (Å²) in [6, 6.07) is 5.38. The largest absolute Gasteiger partial charge is 0.409 e. The van der Waals surface area contributed by atoms with E-state index in [1.54, 1.807) is 12.1 Å². The van der Waals surface area contributed by atoms with Crippen molar-refractivity contribution >= 4 is 39.7 Å². The number of halogens is 2. The zero-order chi connectivity index (χ0) is 10.1. The first-order valence-corrected chi connectivity index (χ1v) is 5.25. The summed E-state index contributed by atoms with van der Waals surface area (Å²) in [6.45, 7) is 0. The molecule has 14 heavy (non-hydrogen) atoms. The van der Waals surface area contributed by atoms with Gasteiger partial charge >= 0.3 is 0 Å². The standard InChI is InChI=1S/C8H4BrClN2OS/c9-5-1-4(2-6(10)3-5)7-11-12-8(14)13-7/h1-3H,(H,12,14). The highest BCUT2D eigenvalue weighted by Crippen LogP contribution is 2.25. The van der Waals surface area contributed by atoms with E-state index < -0.39 is 0 Å². The van der Waals surface area contributed by atoms with Gasteiger partial charge in [-0.25, -0.2) is 5.10 Å². The van der Waals surface area contributed by atoms with Crippen LogP contribution in [-0.4, -0.2) is 10.2 Å². The number of nitrogens with one attached hydrogen (secondary N) is 1. The second kappa shape index (κ2) is 3.84. The molecule has 0 unspecified atom stereocenters. The van der Waals surface area contributed by atoms with Crippen LogP contribution in [0.5, 0.6) is 0 Å². The van der Waals surface area contributed by atoms with E-state index >= 15 is 0 Å². The SMILES string of the molecule is S=c1[nH]nc(-c2cc(Cl)cc(Br)c2)o1. The first kappa shape index (κ1) is 9.89. The van der Waals surface area contributed by atoms with Gasteiger partial charge in [0.15, 0.2) is 0 Å². The molecule has 0 radical (unpaired) electrons. The van der Waals surface area contributed by atoms with Crippen LogP contribution in [0.15, 0.2) is 27.1 Å². The molecule has 0 saturated carbocycles. The van der Waals surface area contributed by atoms with E-state index in [1.807, 2.05) is 6.07 Å². The summed E-state index contributed by atoms with van der Waals surface area (Å²) in [6.07, 6.45) is 0. The maximum atomic E-state index is 5.87. The molecule has 0 aliphatic heterocycles. The third-order valence-electron chi connectivity index (χ3n) is 1.55. The van der Waals surface area contributed by atoms with Crippen molar-refractivity contribution in [2.45, 2.75) is 0 Å². The van der Waals surface area contributed by atoms with Crippen molar-refractivity contribution in [1.29, 1.82) is 0 Å². The van der Waals surface area contributed by atoms with E-state index in [9.17, 15) is 0 Å². The molecule has 3 nitrogen and oxygen atoms in total. The third kappa shape index (κ3) is 2.05. The van der Waals surface area contributed by atoms with Crippen LogP contribution in [0.4, 0.5) is 0 Å². The lowest BCUT2D eigenvalue weighted by Gasteiger charge is -1.97. The Bertz CT molecular complexity index is 502. The predicted octanol–water partition coefficient (Wildman–Crippen LogP) is 3.82. The van der Waals surface area contributed by atoms with Crippen molar-refractivity contribution in [2.24, 2.45) is 0 Å². The zero-order valence-electron chi connectivity index (χ0n) is 6.75. The van der Waals surface area contributed by atoms with Crippen molar-refractivity contribution in [3.63, 3.8) is 0 Å². The normalized spacial score (nSPS) is 10.4. The fraction of sp³-hybridized carbons (Fsp3) is 0. The lowest BCUT2D eigenvalue weighted by molar-refractivity contribution is 0.552. The first-order chi connectivity index (χ1) is 6.65. The summed E-state index contributed by atoms with van der Waals surface area (Å²) in [5, 5.41) is 7.05. The molecular formula is C8H4BrClN2OS. The van der Waals surface area contributed by atoms with Gasteiger partial charge in [0.25, 0.3) is 4.84 Å². The minimum Gasteiger partial charge on any atom is -0.409 e. The number of aromatic amines is 1. The lowest BCUT2D eigenvalue weighted by Crippen LogP contribution is -1.78. The smallest absolute Gasteiger partial charge is 0.284 e. The highest BCUT2D eigenvalue weighted by molar-refractivity contribution is 9.10. The summed E-state index contributed by atoms with van der Waals surface area (Å²) < 4.78 is 6.01. The predicted molar refractivity (Wildman–Crippen MR) is 59.8 cm³/mol. The summed E-state index contributed by atoms with van der Waals surface area (Å²) >= 11 is 14.0. The molecule has 0 atom stereocenters. The number of hydrogen-bond acceptors (Lipinski definition) is 3. The lowest BCUT2D eigenvalue weighted by atomic mass is 10.2. The number of H-pyrrole nitrogens is 1. The Morgan fingerprint density at radius 3 is 2.79 bits per heavy atom. The van der Waals surface area contributed by atoms with Gasteiger partial charge in [0.2, 0.25) is 5.89 Å². The second-order valence-corrected chi connectivity index (χ2v) is 4.30. The maximum absolute atomic E-state index is 5.87. The number of hydrogen-bond donors (Lipinski definition) is 1. The van der Waals surface area contributed by atoms with Crippen LogP contribution in [0.2, 0.25) is 5.02 Å². The van der Waals surface area contributed by atoms with Gasteiger partial charge in [0.1, 0.15) is 0 Å². The molecule has 0 saturated heterocycles. The van der Waals surface area contributed by atoms with Crippen molar-refractivity contribution < 1.29 is 4.42 Å². The van der Waals surface area contributed by atoms with E-state index in [0.717, 1.165) is 10.0 Å². The van der Waals surface area contributed by atoms with Crippen LogP contribution >= 0.6 is 39.7 Å². The van der Waals surface area contributed by atoms with Crippen LogP contribution in [0.25, 0.3) is 11.5 Å². The summed E-state index contributed by atoms with van der Waals surface area (Å²) in [5.41, 5.74) is 0.775. The Labute approximate surface area is 98.2 Å². The fourth-order valence-electron chi connectivity index (χ4n) is 1.03. The third-order valence-corrected chi connectivity index (χ3v) is 2.40. The molecule has 0 fully saturated rings. The molecule has 0 amide bonds. The molecular weight excluding hydrogens is 288 g/mol. The average Bonchev–Trinajstić information content (AvgIpc) is 2.50. The molecule has 2 aromatic rings. The van der Waals surface area contributed by atoms with Gasteiger partial charge in [-0.15, -0.1) is 5.10 Å². The number of nitrogens with zero attached hydrogens (tertiary/aromatic N) is 1. The molecule has 1 N–H and O–H groups in total. The number of benzene rings is 1. The summed E-state index contributed by atoms with van der Waals surface area (Å²) in [5.74, 6) is 0.429. The van der Waals surface area contributed by atoms with Crippen LogP contribution in [0.1, 0.15) is 0 Å². The molecule has 0 bridgehead atoms. The molecule has 2 rings (SSSR count). The Kier molecular flexibility index (Phi) is 2.71. The van der Waals surface area contributed by atoms with E-state index in [2.05, 4.69) is 26.1 Å².